The van der Waals surface area contributed by atoms with Crippen LogP contribution in [0.15, 0.2) is 12.4 Å². The Kier molecular flexibility index (Phi) is 5.05. The Balaban J connectivity index is 1.84. The number of aromatic nitrogens is 2. The van der Waals surface area contributed by atoms with Gasteiger partial charge in [-0.25, -0.2) is 9.97 Å². The lowest BCUT2D eigenvalue weighted by molar-refractivity contribution is 0.305. The molecule has 0 amide bonds. The van der Waals surface area contributed by atoms with Crippen molar-refractivity contribution in [3.63, 3.8) is 0 Å². The molecule has 2 rings (SSSR count). The summed E-state index contributed by atoms with van der Waals surface area (Å²) < 4.78 is 5.47. The lowest BCUT2D eigenvalue weighted by Gasteiger charge is -2.15. The topological polar surface area (TPSA) is 47.0 Å². The molecule has 0 aromatic carbocycles. The predicted octanol–water partition coefficient (Wildman–Crippen LogP) is 3.08. The first kappa shape index (κ1) is 13.4. The first-order chi connectivity index (χ1) is 8.79. The van der Waals surface area contributed by atoms with Crippen LogP contribution >= 0.6 is 11.6 Å². The van der Waals surface area contributed by atoms with E-state index in [2.05, 4.69) is 22.2 Å². The number of rotatable bonds is 6. The van der Waals surface area contributed by atoms with Gasteiger partial charge in [0, 0.05) is 18.0 Å². The van der Waals surface area contributed by atoms with E-state index in [0.29, 0.717) is 23.8 Å². The molecular formula is C13H20ClN3O. The molecule has 0 spiro atoms. The Morgan fingerprint density at radius 2 is 2.33 bits per heavy atom. The molecule has 5 heteroatoms. The lowest BCUT2D eigenvalue weighted by atomic mass is 10.1. The third-order valence-corrected chi connectivity index (χ3v) is 3.78. The third kappa shape index (κ3) is 3.73. The van der Waals surface area contributed by atoms with Crippen LogP contribution < -0.4 is 10.1 Å². The fraction of sp³-hybridized carbons (Fsp3) is 0.692. The minimum absolute atomic E-state index is 0.301. The highest BCUT2D eigenvalue weighted by Gasteiger charge is 2.24. The van der Waals surface area contributed by atoms with Crippen LogP contribution in [0.4, 0.5) is 5.82 Å². The van der Waals surface area contributed by atoms with Crippen molar-refractivity contribution in [3.8, 4) is 5.88 Å². The van der Waals surface area contributed by atoms with E-state index < -0.39 is 0 Å². The molecule has 0 aliphatic heterocycles. The lowest BCUT2D eigenvalue weighted by Crippen LogP contribution is -2.18. The maximum Gasteiger partial charge on any atom is 0.218 e. The van der Waals surface area contributed by atoms with E-state index in [4.69, 9.17) is 16.3 Å². The summed E-state index contributed by atoms with van der Waals surface area (Å²) in [5.74, 6) is 1.98. The molecule has 1 aromatic heterocycles. The number of hydrogen-bond donors (Lipinski definition) is 1. The second kappa shape index (κ2) is 6.78. The Hall–Kier alpha value is -1.03. The number of nitrogens with one attached hydrogen (secondary N) is 1. The second-order valence-electron chi connectivity index (χ2n) is 4.68. The summed E-state index contributed by atoms with van der Waals surface area (Å²) in [5.41, 5.74) is 0. The zero-order valence-electron chi connectivity index (χ0n) is 10.7. The zero-order valence-corrected chi connectivity index (χ0v) is 11.5. The molecule has 0 bridgehead atoms. The number of ether oxygens (including phenoxy) is 1. The van der Waals surface area contributed by atoms with E-state index in [1.54, 1.807) is 0 Å². The normalized spacial score (nSPS) is 23.0. The van der Waals surface area contributed by atoms with Crippen molar-refractivity contribution < 1.29 is 4.74 Å². The van der Waals surface area contributed by atoms with E-state index in [0.717, 1.165) is 25.2 Å². The summed E-state index contributed by atoms with van der Waals surface area (Å²) in [4.78, 5) is 8.26. The van der Waals surface area contributed by atoms with E-state index in [1.165, 1.54) is 19.2 Å². The average molecular weight is 270 g/mol. The fourth-order valence-electron chi connectivity index (χ4n) is 2.18. The van der Waals surface area contributed by atoms with Crippen molar-refractivity contribution in [2.24, 2.45) is 5.92 Å². The predicted molar refractivity (Wildman–Crippen MR) is 73.3 cm³/mol. The molecule has 2 unspecified atom stereocenters. The Labute approximate surface area is 113 Å². The number of nitrogens with zero attached hydrogens (tertiary/aromatic N) is 2. The summed E-state index contributed by atoms with van der Waals surface area (Å²) in [5, 5.41) is 3.62. The number of alkyl halides is 1. The Morgan fingerprint density at radius 1 is 1.44 bits per heavy atom. The summed E-state index contributed by atoms with van der Waals surface area (Å²) in [6, 6.07) is 1.84. The molecule has 1 heterocycles. The van der Waals surface area contributed by atoms with Gasteiger partial charge in [-0.05, 0) is 25.2 Å². The summed E-state index contributed by atoms with van der Waals surface area (Å²) in [7, 11) is 0. The van der Waals surface area contributed by atoms with Crippen LogP contribution in [-0.2, 0) is 0 Å². The monoisotopic (exact) mass is 269 g/mol. The number of anilines is 1. The first-order valence-electron chi connectivity index (χ1n) is 6.62. The molecule has 0 radical (unpaired) electrons. The Bertz CT molecular complexity index is 375. The van der Waals surface area contributed by atoms with E-state index >= 15 is 0 Å². The van der Waals surface area contributed by atoms with Crippen LogP contribution in [0.1, 0.15) is 32.6 Å². The van der Waals surface area contributed by atoms with Crippen LogP contribution in [0.3, 0.4) is 0 Å². The van der Waals surface area contributed by atoms with Gasteiger partial charge in [0.15, 0.2) is 0 Å². The molecule has 1 aliphatic carbocycles. The highest BCUT2D eigenvalue weighted by Crippen LogP contribution is 2.30. The SMILES string of the molecule is CCCOc1cc(NCC2CCCC2Cl)ncn1. The van der Waals surface area contributed by atoms with Crippen molar-refractivity contribution in [3.05, 3.63) is 12.4 Å². The molecule has 0 saturated heterocycles. The molecule has 2 atom stereocenters. The van der Waals surface area contributed by atoms with Gasteiger partial charge >= 0.3 is 0 Å². The van der Waals surface area contributed by atoms with Gasteiger partial charge in [0.1, 0.15) is 12.1 Å². The van der Waals surface area contributed by atoms with E-state index in [1.807, 2.05) is 6.07 Å². The van der Waals surface area contributed by atoms with Gasteiger partial charge in [-0.15, -0.1) is 11.6 Å². The van der Waals surface area contributed by atoms with Crippen LogP contribution in [0, 0.1) is 5.92 Å². The van der Waals surface area contributed by atoms with Gasteiger partial charge in [0.2, 0.25) is 5.88 Å². The minimum Gasteiger partial charge on any atom is -0.478 e. The van der Waals surface area contributed by atoms with Crippen molar-refractivity contribution in [1.29, 1.82) is 0 Å². The summed E-state index contributed by atoms with van der Waals surface area (Å²) in [6.07, 6.45) is 6.06. The molecule has 4 nitrogen and oxygen atoms in total. The molecule has 18 heavy (non-hydrogen) atoms. The zero-order chi connectivity index (χ0) is 12.8. The second-order valence-corrected chi connectivity index (χ2v) is 5.24. The average Bonchev–Trinajstić information content (AvgIpc) is 2.80. The smallest absolute Gasteiger partial charge is 0.218 e. The van der Waals surface area contributed by atoms with Gasteiger partial charge in [-0.3, -0.25) is 0 Å². The maximum atomic E-state index is 6.25. The molecular weight excluding hydrogens is 250 g/mol. The van der Waals surface area contributed by atoms with Crippen molar-refractivity contribution in [1.82, 2.24) is 9.97 Å². The van der Waals surface area contributed by atoms with E-state index in [-0.39, 0.29) is 0 Å². The van der Waals surface area contributed by atoms with Gasteiger partial charge in [-0.1, -0.05) is 13.3 Å². The summed E-state index contributed by atoms with van der Waals surface area (Å²) in [6.45, 7) is 3.63. The van der Waals surface area contributed by atoms with E-state index in [9.17, 15) is 0 Å². The third-order valence-electron chi connectivity index (χ3n) is 3.21. The molecule has 1 aliphatic rings. The molecule has 1 N–H and O–H groups in total. The fourth-order valence-corrected chi connectivity index (χ4v) is 2.55. The number of halogens is 1. The van der Waals surface area contributed by atoms with Crippen LogP contribution in [-0.4, -0.2) is 28.5 Å². The van der Waals surface area contributed by atoms with Crippen LogP contribution in [0.2, 0.25) is 0 Å². The van der Waals surface area contributed by atoms with Gasteiger partial charge < -0.3 is 10.1 Å². The van der Waals surface area contributed by atoms with Gasteiger partial charge in [-0.2, -0.15) is 0 Å². The van der Waals surface area contributed by atoms with Crippen molar-refractivity contribution in [2.75, 3.05) is 18.5 Å². The van der Waals surface area contributed by atoms with Crippen molar-refractivity contribution in [2.45, 2.75) is 38.0 Å². The number of hydrogen-bond acceptors (Lipinski definition) is 4. The van der Waals surface area contributed by atoms with Crippen LogP contribution in [0.5, 0.6) is 5.88 Å². The molecule has 1 fully saturated rings. The van der Waals surface area contributed by atoms with Crippen molar-refractivity contribution >= 4 is 17.4 Å². The van der Waals surface area contributed by atoms with Gasteiger partial charge in [0.25, 0.3) is 0 Å². The highest BCUT2D eigenvalue weighted by molar-refractivity contribution is 6.20. The highest BCUT2D eigenvalue weighted by atomic mass is 35.5. The summed E-state index contributed by atoms with van der Waals surface area (Å²) >= 11 is 6.25. The minimum atomic E-state index is 0.301. The standard InChI is InChI=1S/C13H20ClN3O/c1-2-6-18-13-7-12(16-9-17-13)15-8-10-4-3-5-11(10)14/h7,9-11H,2-6,8H2,1H3,(H,15,16,17). The first-order valence-corrected chi connectivity index (χ1v) is 7.06. The molecule has 1 aromatic rings. The molecule has 100 valence electrons. The quantitative estimate of drug-likeness (QED) is 0.806. The van der Waals surface area contributed by atoms with Crippen LogP contribution in [0.25, 0.3) is 0 Å². The maximum absolute atomic E-state index is 6.25. The van der Waals surface area contributed by atoms with Gasteiger partial charge in [0.05, 0.1) is 6.61 Å². The Morgan fingerprint density at radius 3 is 3.06 bits per heavy atom. The largest absolute Gasteiger partial charge is 0.478 e. The molecule has 1 saturated carbocycles.